The Balaban J connectivity index is 2.66. The number of aliphatic hydroxyl groups excluding tert-OH is 1. The predicted octanol–water partition coefficient (Wildman–Crippen LogP) is 2.12. The SMILES string of the molecule is CCOC(=O)CCN(C(=O)C1CCCCC1)C(CC)CO. The summed E-state index contributed by atoms with van der Waals surface area (Å²) in [6, 6.07) is -0.200. The van der Waals surface area contributed by atoms with E-state index in [1.54, 1.807) is 11.8 Å². The van der Waals surface area contributed by atoms with Crippen molar-refractivity contribution in [3.05, 3.63) is 0 Å². The molecule has 0 aromatic carbocycles. The van der Waals surface area contributed by atoms with Gasteiger partial charge in [0.05, 0.1) is 25.7 Å². The van der Waals surface area contributed by atoms with Gasteiger partial charge >= 0.3 is 5.97 Å². The third kappa shape index (κ3) is 5.65. The normalized spacial score (nSPS) is 17.3. The molecule has 1 saturated carbocycles. The van der Waals surface area contributed by atoms with Crippen LogP contribution in [0, 0.1) is 5.92 Å². The lowest BCUT2D eigenvalue weighted by Crippen LogP contribution is -2.46. The Morgan fingerprint density at radius 2 is 1.90 bits per heavy atom. The summed E-state index contributed by atoms with van der Waals surface area (Å²) in [5, 5.41) is 9.50. The fraction of sp³-hybridized carbons (Fsp3) is 0.875. The van der Waals surface area contributed by atoms with E-state index in [1.807, 2.05) is 6.92 Å². The molecule has 1 fully saturated rings. The maximum Gasteiger partial charge on any atom is 0.307 e. The van der Waals surface area contributed by atoms with E-state index in [2.05, 4.69) is 0 Å². The Kier molecular flexibility index (Phi) is 8.35. The summed E-state index contributed by atoms with van der Waals surface area (Å²) in [5.74, 6) is -0.131. The number of rotatable bonds is 8. The molecule has 1 N–H and O–H groups in total. The van der Waals surface area contributed by atoms with Crippen molar-refractivity contribution in [3.8, 4) is 0 Å². The molecule has 0 saturated heterocycles. The minimum Gasteiger partial charge on any atom is -0.466 e. The van der Waals surface area contributed by atoms with Gasteiger partial charge in [0.1, 0.15) is 0 Å². The lowest BCUT2D eigenvalue weighted by atomic mass is 9.88. The van der Waals surface area contributed by atoms with Gasteiger partial charge in [-0.25, -0.2) is 0 Å². The van der Waals surface area contributed by atoms with Crippen molar-refractivity contribution in [3.63, 3.8) is 0 Å². The molecule has 1 unspecified atom stereocenters. The van der Waals surface area contributed by atoms with Crippen molar-refractivity contribution in [2.45, 2.75) is 64.8 Å². The van der Waals surface area contributed by atoms with Crippen molar-refractivity contribution in [2.75, 3.05) is 19.8 Å². The van der Waals surface area contributed by atoms with Crippen molar-refractivity contribution < 1.29 is 19.4 Å². The number of carbonyl (C=O) groups is 2. The highest BCUT2D eigenvalue weighted by Gasteiger charge is 2.29. The van der Waals surface area contributed by atoms with Crippen molar-refractivity contribution >= 4 is 11.9 Å². The van der Waals surface area contributed by atoms with Crippen molar-refractivity contribution in [2.24, 2.45) is 5.92 Å². The van der Waals surface area contributed by atoms with E-state index >= 15 is 0 Å². The molecule has 122 valence electrons. The molecule has 1 rings (SSSR count). The Morgan fingerprint density at radius 1 is 1.24 bits per heavy atom. The summed E-state index contributed by atoms with van der Waals surface area (Å²) >= 11 is 0. The van der Waals surface area contributed by atoms with Gasteiger partial charge in [0, 0.05) is 12.5 Å². The minimum atomic E-state index is -0.285. The summed E-state index contributed by atoms with van der Waals surface area (Å²) in [5.41, 5.74) is 0. The second-order valence-corrected chi connectivity index (χ2v) is 5.67. The van der Waals surface area contributed by atoms with Crippen LogP contribution in [0.5, 0.6) is 0 Å². The second kappa shape index (κ2) is 9.77. The number of aliphatic hydroxyl groups is 1. The lowest BCUT2D eigenvalue weighted by Gasteiger charge is -2.34. The second-order valence-electron chi connectivity index (χ2n) is 5.67. The fourth-order valence-corrected chi connectivity index (χ4v) is 2.95. The van der Waals surface area contributed by atoms with Crippen LogP contribution in [0.25, 0.3) is 0 Å². The Morgan fingerprint density at radius 3 is 2.43 bits per heavy atom. The van der Waals surface area contributed by atoms with Gasteiger partial charge in [-0.05, 0) is 26.2 Å². The average molecular weight is 299 g/mol. The quantitative estimate of drug-likeness (QED) is 0.697. The van der Waals surface area contributed by atoms with E-state index in [4.69, 9.17) is 4.74 Å². The first-order valence-electron chi connectivity index (χ1n) is 8.20. The molecular weight excluding hydrogens is 270 g/mol. The Hall–Kier alpha value is -1.10. The van der Waals surface area contributed by atoms with Crippen LogP contribution in [0.4, 0.5) is 0 Å². The van der Waals surface area contributed by atoms with Crippen LogP contribution in [0.2, 0.25) is 0 Å². The first-order valence-corrected chi connectivity index (χ1v) is 8.20. The minimum absolute atomic E-state index is 0.0570. The number of ether oxygens (including phenoxy) is 1. The zero-order chi connectivity index (χ0) is 15.7. The van der Waals surface area contributed by atoms with Crippen LogP contribution >= 0.6 is 0 Å². The van der Waals surface area contributed by atoms with Crippen LogP contribution in [-0.4, -0.2) is 47.7 Å². The molecule has 0 heterocycles. The van der Waals surface area contributed by atoms with Crippen LogP contribution in [0.3, 0.4) is 0 Å². The maximum absolute atomic E-state index is 12.7. The lowest BCUT2D eigenvalue weighted by molar-refractivity contribution is -0.146. The van der Waals surface area contributed by atoms with Crippen molar-refractivity contribution in [1.29, 1.82) is 0 Å². The highest BCUT2D eigenvalue weighted by molar-refractivity contribution is 5.80. The van der Waals surface area contributed by atoms with E-state index < -0.39 is 0 Å². The van der Waals surface area contributed by atoms with Crippen LogP contribution in [0.15, 0.2) is 0 Å². The number of nitrogens with zero attached hydrogens (tertiary/aromatic N) is 1. The standard InChI is InChI=1S/C16H29NO4/c1-3-14(12-18)17(11-10-15(19)21-4-2)16(20)13-8-6-5-7-9-13/h13-14,18H,3-12H2,1-2H3. The summed E-state index contributed by atoms with van der Waals surface area (Å²) in [7, 11) is 0. The molecule has 1 amide bonds. The van der Waals surface area contributed by atoms with E-state index in [0.29, 0.717) is 19.6 Å². The number of esters is 1. The summed E-state index contributed by atoms with van der Waals surface area (Å²) in [6.45, 7) is 4.36. The van der Waals surface area contributed by atoms with Crippen LogP contribution < -0.4 is 0 Å². The van der Waals surface area contributed by atoms with Crippen LogP contribution in [-0.2, 0) is 14.3 Å². The van der Waals surface area contributed by atoms with Crippen LogP contribution in [0.1, 0.15) is 58.8 Å². The van der Waals surface area contributed by atoms with Gasteiger partial charge in [-0.15, -0.1) is 0 Å². The summed E-state index contributed by atoms with van der Waals surface area (Å²) in [4.78, 5) is 25.9. The van der Waals surface area contributed by atoms with Gasteiger partial charge in [0.25, 0.3) is 0 Å². The van der Waals surface area contributed by atoms with Gasteiger partial charge in [-0.3, -0.25) is 9.59 Å². The molecule has 0 spiro atoms. The molecule has 5 heteroatoms. The molecule has 0 aromatic rings. The van der Waals surface area contributed by atoms with Gasteiger partial charge in [0.2, 0.25) is 5.91 Å². The monoisotopic (exact) mass is 299 g/mol. The Bertz CT molecular complexity index is 322. The largest absolute Gasteiger partial charge is 0.466 e. The molecule has 5 nitrogen and oxygen atoms in total. The molecule has 0 bridgehead atoms. The zero-order valence-electron chi connectivity index (χ0n) is 13.3. The Labute approximate surface area is 127 Å². The first-order chi connectivity index (χ1) is 10.1. The van der Waals surface area contributed by atoms with Gasteiger partial charge < -0.3 is 14.7 Å². The van der Waals surface area contributed by atoms with Crippen molar-refractivity contribution in [1.82, 2.24) is 4.90 Å². The predicted molar refractivity (Wildman–Crippen MR) is 80.7 cm³/mol. The molecule has 21 heavy (non-hydrogen) atoms. The zero-order valence-corrected chi connectivity index (χ0v) is 13.3. The molecular formula is C16H29NO4. The number of hydrogen-bond donors (Lipinski definition) is 1. The molecule has 0 aromatic heterocycles. The topological polar surface area (TPSA) is 66.8 Å². The first kappa shape index (κ1) is 18.0. The maximum atomic E-state index is 12.7. The third-order valence-electron chi connectivity index (χ3n) is 4.22. The molecule has 1 aliphatic carbocycles. The van der Waals surface area contributed by atoms with E-state index in [9.17, 15) is 14.7 Å². The molecule has 0 radical (unpaired) electrons. The summed E-state index contributed by atoms with van der Waals surface area (Å²) in [6.07, 6.45) is 6.13. The van der Waals surface area contributed by atoms with Gasteiger partial charge in [-0.2, -0.15) is 0 Å². The molecule has 1 atom stereocenters. The number of hydrogen-bond acceptors (Lipinski definition) is 4. The number of amides is 1. The van der Waals surface area contributed by atoms with E-state index in [0.717, 1.165) is 25.7 Å². The molecule has 1 aliphatic rings. The van der Waals surface area contributed by atoms with E-state index in [-0.39, 0.29) is 36.9 Å². The fourth-order valence-electron chi connectivity index (χ4n) is 2.95. The van der Waals surface area contributed by atoms with Gasteiger partial charge in [0.15, 0.2) is 0 Å². The highest BCUT2D eigenvalue weighted by Crippen LogP contribution is 2.26. The van der Waals surface area contributed by atoms with E-state index in [1.165, 1.54) is 6.42 Å². The average Bonchev–Trinajstić information content (AvgIpc) is 2.52. The number of carbonyl (C=O) groups excluding carboxylic acids is 2. The van der Waals surface area contributed by atoms with Gasteiger partial charge in [-0.1, -0.05) is 26.2 Å². The molecule has 0 aliphatic heterocycles. The third-order valence-corrected chi connectivity index (χ3v) is 4.22. The smallest absolute Gasteiger partial charge is 0.307 e. The summed E-state index contributed by atoms with van der Waals surface area (Å²) < 4.78 is 4.93. The highest BCUT2D eigenvalue weighted by atomic mass is 16.5.